The minimum Gasteiger partial charge on any atom is -0.345 e. The molecule has 3 aromatic heterocycles. The van der Waals surface area contributed by atoms with Crippen molar-refractivity contribution in [3.8, 4) is 16.3 Å². The molecule has 0 aliphatic rings. The Kier molecular flexibility index (Phi) is 4.48. The number of benzene rings is 1. The molecule has 0 spiro atoms. The Morgan fingerprint density at radius 1 is 1.08 bits per heavy atom. The molecule has 1 amide bonds. The third-order valence-corrected chi connectivity index (χ3v) is 4.53. The number of hydrogen-bond acceptors (Lipinski definition) is 6. The van der Waals surface area contributed by atoms with Crippen LogP contribution in [-0.2, 0) is 6.54 Å². The minimum atomic E-state index is -0.310. The van der Waals surface area contributed by atoms with Crippen LogP contribution in [0.2, 0.25) is 0 Å². The molecule has 4 rings (SSSR count). The number of aromatic nitrogens is 5. The molecular formula is C18H14N6OS. The fraction of sp³-hybridized carbons (Fsp3) is 0.0556. The highest BCUT2D eigenvalue weighted by atomic mass is 32.1. The zero-order chi connectivity index (χ0) is 17.8. The summed E-state index contributed by atoms with van der Waals surface area (Å²) in [6.07, 6.45) is 4.70. The van der Waals surface area contributed by atoms with E-state index in [0.29, 0.717) is 5.69 Å². The summed E-state index contributed by atoms with van der Waals surface area (Å²) in [6.45, 7) is 0.262. The number of carbonyl (C=O) groups is 1. The summed E-state index contributed by atoms with van der Waals surface area (Å²) in [5.74, 6) is -0.310. The lowest BCUT2D eigenvalue weighted by Crippen LogP contribution is -2.24. The van der Waals surface area contributed by atoms with Gasteiger partial charge in [-0.25, -0.2) is 0 Å². The molecule has 0 saturated carbocycles. The number of rotatable bonds is 5. The van der Waals surface area contributed by atoms with Gasteiger partial charge in [0, 0.05) is 12.4 Å². The van der Waals surface area contributed by atoms with Crippen molar-refractivity contribution in [1.29, 1.82) is 0 Å². The maximum Gasteiger partial charge on any atom is 0.273 e. The Morgan fingerprint density at radius 2 is 1.92 bits per heavy atom. The Balaban J connectivity index is 1.48. The highest BCUT2D eigenvalue weighted by molar-refractivity contribution is 7.13. The number of nitrogens with zero attached hydrogens (tertiary/aromatic N) is 5. The van der Waals surface area contributed by atoms with Gasteiger partial charge in [0.25, 0.3) is 5.91 Å². The summed E-state index contributed by atoms with van der Waals surface area (Å²) in [5, 5.41) is 13.2. The maximum absolute atomic E-state index is 12.4. The van der Waals surface area contributed by atoms with E-state index in [4.69, 9.17) is 0 Å². The molecule has 0 aliphatic heterocycles. The molecule has 0 fully saturated rings. The fourth-order valence-corrected chi connectivity index (χ4v) is 3.17. The zero-order valence-electron chi connectivity index (χ0n) is 13.6. The molecule has 1 N–H and O–H groups in total. The molecular weight excluding hydrogens is 348 g/mol. The van der Waals surface area contributed by atoms with E-state index in [1.165, 1.54) is 11.0 Å². The Labute approximate surface area is 153 Å². The van der Waals surface area contributed by atoms with Crippen molar-refractivity contribution < 1.29 is 4.79 Å². The van der Waals surface area contributed by atoms with E-state index in [1.807, 2.05) is 47.8 Å². The number of nitrogens with one attached hydrogen (secondary N) is 1. The van der Waals surface area contributed by atoms with Gasteiger partial charge in [-0.3, -0.25) is 14.8 Å². The molecule has 4 aromatic rings. The van der Waals surface area contributed by atoms with E-state index in [-0.39, 0.29) is 18.1 Å². The standard InChI is InChI=1S/C18H14N6OS/c25-18(15-12-22-24(23-15)13-5-2-1-3-6-13)21-11-14-17(20-9-8-19-14)16-7-4-10-26-16/h1-10,12H,11H2,(H,21,25). The molecule has 0 atom stereocenters. The SMILES string of the molecule is O=C(NCc1nccnc1-c1cccs1)c1cnn(-c2ccccc2)n1. The van der Waals surface area contributed by atoms with E-state index in [9.17, 15) is 4.79 Å². The van der Waals surface area contributed by atoms with Crippen LogP contribution in [0, 0.1) is 0 Å². The third-order valence-electron chi connectivity index (χ3n) is 3.66. The first-order valence-electron chi connectivity index (χ1n) is 7.91. The van der Waals surface area contributed by atoms with Crippen LogP contribution in [0.15, 0.2) is 66.4 Å². The van der Waals surface area contributed by atoms with Crippen LogP contribution in [0.25, 0.3) is 16.3 Å². The number of thiophene rings is 1. The Bertz CT molecular complexity index is 1010. The van der Waals surface area contributed by atoms with Crippen LogP contribution < -0.4 is 5.32 Å². The molecule has 3 heterocycles. The second kappa shape index (κ2) is 7.24. The number of hydrogen-bond donors (Lipinski definition) is 1. The molecule has 128 valence electrons. The average Bonchev–Trinajstić information content (AvgIpc) is 3.39. The van der Waals surface area contributed by atoms with Crippen LogP contribution in [0.5, 0.6) is 0 Å². The van der Waals surface area contributed by atoms with Crippen LogP contribution in [0.3, 0.4) is 0 Å². The van der Waals surface area contributed by atoms with Crippen LogP contribution >= 0.6 is 11.3 Å². The molecule has 0 unspecified atom stereocenters. The second-order valence-electron chi connectivity index (χ2n) is 5.37. The lowest BCUT2D eigenvalue weighted by atomic mass is 10.2. The van der Waals surface area contributed by atoms with Crippen LogP contribution in [-0.4, -0.2) is 30.9 Å². The lowest BCUT2D eigenvalue weighted by Gasteiger charge is -2.06. The first-order chi connectivity index (χ1) is 12.8. The quantitative estimate of drug-likeness (QED) is 0.590. The summed E-state index contributed by atoms with van der Waals surface area (Å²) < 4.78 is 0. The molecule has 26 heavy (non-hydrogen) atoms. The largest absolute Gasteiger partial charge is 0.345 e. The summed E-state index contributed by atoms with van der Waals surface area (Å²) in [5.41, 5.74) is 2.52. The predicted molar refractivity (Wildman–Crippen MR) is 97.9 cm³/mol. The zero-order valence-corrected chi connectivity index (χ0v) is 14.4. The average molecular weight is 362 g/mol. The van der Waals surface area contributed by atoms with E-state index in [0.717, 1.165) is 16.3 Å². The predicted octanol–water partition coefficient (Wildman–Crippen LogP) is 2.72. The van der Waals surface area contributed by atoms with Gasteiger partial charge >= 0.3 is 0 Å². The minimum absolute atomic E-state index is 0.246. The number of amides is 1. The van der Waals surface area contributed by atoms with E-state index >= 15 is 0 Å². The fourth-order valence-electron chi connectivity index (χ4n) is 2.42. The van der Waals surface area contributed by atoms with Crippen LogP contribution in [0.4, 0.5) is 0 Å². The number of carbonyl (C=O) groups excluding carboxylic acids is 1. The van der Waals surface area contributed by atoms with E-state index in [2.05, 4.69) is 25.5 Å². The van der Waals surface area contributed by atoms with Crippen molar-refractivity contribution in [2.45, 2.75) is 6.54 Å². The van der Waals surface area contributed by atoms with Gasteiger partial charge in [0.15, 0.2) is 5.69 Å². The van der Waals surface area contributed by atoms with Gasteiger partial charge in [0.05, 0.1) is 29.0 Å². The summed E-state index contributed by atoms with van der Waals surface area (Å²) >= 11 is 1.58. The van der Waals surface area contributed by atoms with Crippen molar-refractivity contribution in [2.24, 2.45) is 0 Å². The van der Waals surface area contributed by atoms with Gasteiger partial charge in [-0.05, 0) is 23.6 Å². The van der Waals surface area contributed by atoms with Crippen molar-refractivity contribution in [3.05, 3.63) is 77.8 Å². The summed E-state index contributed by atoms with van der Waals surface area (Å²) in [7, 11) is 0. The normalized spacial score (nSPS) is 10.6. The van der Waals surface area contributed by atoms with E-state index in [1.54, 1.807) is 23.7 Å². The van der Waals surface area contributed by atoms with Crippen molar-refractivity contribution in [3.63, 3.8) is 0 Å². The van der Waals surface area contributed by atoms with Crippen molar-refractivity contribution >= 4 is 17.2 Å². The summed E-state index contributed by atoms with van der Waals surface area (Å²) in [4.78, 5) is 23.5. The van der Waals surface area contributed by atoms with Gasteiger partial charge in [0.2, 0.25) is 0 Å². The molecule has 1 aromatic carbocycles. The van der Waals surface area contributed by atoms with E-state index < -0.39 is 0 Å². The van der Waals surface area contributed by atoms with Gasteiger partial charge in [-0.1, -0.05) is 24.3 Å². The highest BCUT2D eigenvalue weighted by Gasteiger charge is 2.14. The smallest absolute Gasteiger partial charge is 0.273 e. The molecule has 7 nitrogen and oxygen atoms in total. The van der Waals surface area contributed by atoms with Gasteiger partial charge < -0.3 is 5.32 Å². The second-order valence-corrected chi connectivity index (χ2v) is 6.31. The molecule has 0 bridgehead atoms. The topological polar surface area (TPSA) is 85.6 Å². The monoisotopic (exact) mass is 362 g/mol. The molecule has 0 saturated heterocycles. The van der Waals surface area contributed by atoms with Crippen LogP contribution in [0.1, 0.15) is 16.2 Å². The van der Waals surface area contributed by atoms with Gasteiger partial charge in [-0.2, -0.15) is 9.90 Å². The molecule has 0 aliphatic carbocycles. The first-order valence-corrected chi connectivity index (χ1v) is 8.79. The molecule has 0 radical (unpaired) electrons. The lowest BCUT2D eigenvalue weighted by molar-refractivity contribution is 0.0945. The Morgan fingerprint density at radius 3 is 2.73 bits per heavy atom. The Hall–Kier alpha value is -3.39. The first kappa shape index (κ1) is 16.1. The van der Waals surface area contributed by atoms with Gasteiger partial charge in [-0.15, -0.1) is 16.4 Å². The summed E-state index contributed by atoms with van der Waals surface area (Å²) in [6, 6.07) is 13.4. The third kappa shape index (κ3) is 3.35. The van der Waals surface area contributed by atoms with Gasteiger partial charge in [0.1, 0.15) is 5.69 Å². The maximum atomic E-state index is 12.4. The number of para-hydroxylation sites is 1. The van der Waals surface area contributed by atoms with Crippen molar-refractivity contribution in [2.75, 3.05) is 0 Å². The molecule has 8 heteroatoms. The highest BCUT2D eigenvalue weighted by Crippen LogP contribution is 2.24. The van der Waals surface area contributed by atoms with Crippen molar-refractivity contribution in [1.82, 2.24) is 30.3 Å².